The monoisotopic (exact) mass is 453 g/mol. The van der Waals surface area contributed by atoms with Crippen molar-refractivity contribution >= 4 is 29.3 Å². The lowest BCUT2D eigenvalue weighted by molar-refractivity contribution is -0.141. The molecule has 0 aliphatic heterocycles. The molecular formula is C22H23N5O6. The summed E-state index contributed by atoms with van der Waals surface area (Å²) in [4.78, 5) is 25.2. The van der Waals surface area contributed by atoms with E-state index < -0.39 is 18.5 Å². The van der Waals surface area contributed by atoms with E-state index in [0.717, 1.165) is 5.56 Å². The standard InChI is InChI=1S/C22H23N5O6/c1-14-24-25-26-27(14)17(10-15-8-6-5-7-9-15)22(29)33-13-20(28)23-16-11-18(30-2)21(32-4)19(12-16)31-3/h5-12H,13H2,1-4H3,(H,23,28)/b17-10-. The van der Waals surface area contributed by atoms with Gasteiger partial charge in [-0.1, -0.05) is 30.3 Å². The summed E-state index contributed by atoms with van der Waals surface area (Å²) in [6.45, 7) is 1.10. The number of benzene rings is 2. The van der Waals surface area contributed by atoms with E-state index in [1.807, 2.05) is 30.3 Å². The maximum absolute atomic E-state index is 12.8. The maximum Gasteiger partial charge on any atom is 0.357 e. The quantitative estimate of drug-likeness (QED) is 0.383. The van der Waals surface area contributed by atoms with Crippen LogP contribution in [0, 0.1) is 6.92 Å². The number of tetrazole rings is 1. The van der Waals surface area contributed by atoms with Crippen molar-refractivity contribution in [2.75, 3.05) is 33.3 Å². The van der Waals surface area contributed by atoms with Crippen LogP contribution in [0.5, 0.6) is 17.2 Å². The predicted octanol–water partition coefficient (Wildman–Crippen LogP) is 2.19. The molecule has 0 saturated carbocycles. The second kappa shape index (κ2) is 10.8. The Morgan fingerprint density at radius 3 is 2.24 bits per heavy atom. The number of carbonyl (C=O) groups excluding carboxylic acids is 2. The Balaban J connectivity index is 1.74. The van der Waals surface area contributed by atoms with Crippen molar-refractivity contribution in [2.45, 2.75) is 6.92 Å². The van der Waals surface area contributed by atoms with Crippen molar-refractivity contribution in [3.63, 3.8) is 0 Å². The minimum absolute atomic E-state index is 0.0595. The number of hydrogen-bond donors (Lipinski definition) is 1. The van der Waals surface area contributed by atoms with Crippen molar-refractivity contribution in [2.24, 2.45) is 0 Å². The zero-order valence-corrected chi connectivity index (χ0v) is 18.6. The molecule has 1 heterocycles. The number of rotatable bonds is 9. The number of ether oxygens (including phenoxy) is 4. The molecule has 11 nitrogen and oxygen atoms in total. The Kier molecular flexibility index (Phi) is 7.58. The zero-order valence-electron chi connectivity index (χ0n) is 18.6. The summed E-state index contributed by atoms with van der Waals surface area (Å²) in [5.74, 6) is 0.171. The van der Waals surface area contributed by atoms with Gasteiger partial charge in [0.1, 0.15) is 0 Å². The van der Waals surface area contributed by atoms with Gasteiger partial charge in [0.15, 0.2) is 29.6 Å². The molecule has 0 saturated heterocycles. The molecule has 1 N–H and O–H groups in total. The molecule has 0 unspecified atom stereocenters. The largest absolute Gasteiger partial charge is 0.493 e. The molecule has 3 rings (SSSR count). The van der Waals surface area contributed by atoms with Crippen LogP contribution in [0.3, 0.4) is 0 Å². The molecule has 11 heteroatoms. The highest BCUT2D eigenvalue weighted by molar-refractivity contribution is 6.15. The number of aryl methyl sites for hydroxylation is 1. The number of methoxy groups -OCH3 is 3. The first-order valence-corrected chi connectivity index (χ1v) is 9.76. The van der Waals surface area contributed by atoms with Crippen LogP contribution in [0.4, 0.5) is 5.69 Å². The summed E-state index contributed by atoms with van der Waals surface area (Å²) in [6.07, 6.45) is 1.57. The third-order valence-corrected chi connectivity index (χ3v) is 4.45. The van der Waals surface area contributed by atoms with Gasteiger partial charge in [0.25, 0.3) is 5.91 Å². The smallest absolute Gasteiger partial charge is 0.357 e. The van der Waals surface area contributed by atoms with E-state index >= 15 is 0 Å². The summed E-state index contributed by atoms with van der Waals surface area (Å²) in [6, 6.07) is 12.2. The van der Waals surface area contributed by atoms with E-state index in [4.69, 9.17) is 18.9 Å². The molecule has 33 heavy (non-hydrogen) atoms. The number of amides is 1. The molecule has 0 spiro atoms. The normalized spacial score (nSPS) is 11.0. The Morgan fingerprint density at radius 2 is 1.70 bits per heavy atom. The molecule has 1 aromatic heterocycles. The average molecular weight is 453 g/mol. The van der Waals surface area contributed by atoms with Crippen molar-refractivity contribution in [3.8, 4) is 17.2 Å². The van der Waals surface area contributed by atoms with Gasteiger partial charge in [0, 0.05) is 17.8 Å². The van der Waals surface area contributed by atoms with Crippen molar-refractivity contribution in [1.29, 1.82) is 0 Å². The summed E-state index contributed by atoms with van der Waals surface area (Å²) >= 11 is 0. The Bertz CT molecular complexity index is 1130. The number of esters is 1. The molecule has 0 atom stereocenters. The lowest BCUT2D eigenvalue weighted by Gasteiger charge is -2.14. The first kappa shape index (κ1) is 23.3. The van der Waals surface area contributed by atoms with Crippen LogP contribution >= 0.6 is 0 Å². The van der Waals surface area contributed by atoms with Gasteiger partial charge in [-0.3, -0.25) is 4.79 Å². The molecule has 3 aromatic rings. The molecule has 0 radical (unpaired) electrons. The van der Waals surface area contributed by atoms with Crippen molar-refractivity contribution in [3.05, 3.63) is 53.9 Å². The molecule has 0 bridgehead atoms. The minimum Gasteiger partial charge on any atom is -0.493 e. The highest BCUT2D eigenvalue weighted by Gasteiger charge is 2.20. The Hall–Kier alpha value is -4.41. The number of anilines is 1. The Morgan fingerprint density at radius 1 is 1.03 bits per heavy atom. The average Bonchev–Trinajstić information content (AvgIpc) is 3.26. The lowest BCUT2D eigenvalue weighted by Crippen LogP contribution is -2.23. The van der Waals surface area contributed by atoms with Gasteiger partial charge < -0.3 is 24.3 Å². The summed E-state index contributed by atoms with van der Waals surface area (Å²) in [5, 5.41) is 13.8. The van der Waals surface area contributed by atoms with E-state index in [0.29, 0.717) is 28.8 Å². The Labute approximate surface area is 189 Å². The summed E-state index contributed by atoms with van der Waals surface area (Å²) in [5.41, 5.74) is 1.17. The van der Waals surface area contributed by atoms with E-state index in [9.17, 15) is 9.59 Å². The first-order chi connectivity index (χ1) is 16.0. The third-order valence-electron chi connectivity index (χ3n) is 4.45. The van der Waals surface area contributed by atoms with E-state index in [2.05, 4.69) is 20.8 Å². The van der Waals surface area contributed by atoms with E-state index in [1.165, 1.54) is 26.0 Å². The van der Waals surface area contributed by atoms with Gasteiger partial charge in [-0.15, -0.1) is 5.10 Å². The van der Waals surface area contributed by atoms with Gasteiger partial charge in [-0.05, 0) is 29.0 Å². The topological polar surface area (TPSA) is 127 Å². The molecule has 172 valence electrons. The van der Waals surface area contributed by atoms with Crippen molar-refractivity contribution < 1.29 is 28.5 Å². The van der Waals surface area contributed by atoms with Crippen LogP contribution in [0.2, 0.25) is 0 Å². The van der Waals surface area contributed by atoms with E-state index in [-0.39, 0.29) is 5.70 Å². The molecule has 2 aromatic carbocycles. The second-order valence-electron chi connectivity index (χ2n) is 6.62. The second-order valence-corrected chi connectivity index (χ2v) is 6.62. The first-order valence-electron chi connectivity index (χ1n) is 9.76. The van der Waals surface area contributed by atoms with Gasteiger partial charge in [-0.25, -0.2) is 4.79 Å². The minimum atomic E-state index is -0.769. The molecular weight excluding hydrogens is 430 g/mol. The summed E-state index contributed by atoms with van der Waals surface area (Å²) < 4.78 is 22.3. The van der Waals surface area contributed by atoms with Crippen LogP contribution in [0.25, 0.3) is 11.8 Å². The van der Waals surface area contributed by atoms with Gasteiger partial charge in [0.05, 0.1) is 21.3 Å². The number of aromatic nitrogens is 4. The SMILES string of the molecule is COc1cc(NC(=O)COC(=O)/C(=C/c2ccccc2)n2nnnc2C)cc(OC)c1OC. The van der Waals surface area contributed by atoms with E-state index in [1.54, 1.807) is 25.1 Å². The molecule has 0 aliphatic carbocycles. The zero-order chi connectivity index (χ0) is 23.8. The number of hydrogen-bond acceptors (Lipinski definition) is 9. The van der Waals surface area contributed by atoms with Gasteiger partial charge >= 0.3 is 5.97 Å². The maximum atomic E-state index is 12.8. The lowest BCUT2D eigenvalue weighted by atomic mass is 10.2. The fourth-order valence-electron chi connectivity index (χ4n) is 2.92. The van der Waals surface area contributed by atoms with Crippen LogP contribution in [0.15, 0.2) is 42.5 Å². The third kappa shape index (κ3) is 5.64. The fraction of sp³-hybridized carbons (Fsp3) is 0.227. The number of carbonyl (C=O) groups is 2. The number of nitrogens with zero attached hydrogens (tertiary/aromatic N) is 4. The van der Waals surface area contributed by atoms with Crippen LogP contribution in [-0.4, -0.2) is 60.0 Å². The highest BCUT2D eigenvalue weighted by atomic mass is 16.5. The van der Waals surface area contributed by atoms with Crippen molar-refractivity contribution in [1.82, 2.24) is 20.2 Å². The van der Waals surface area contributed by atoms with Crippen LogP contribution < -0.4 is 19.5 Å². The van der Waals surface area contributed by atoms with Crippen LogP contribution in [0.1, 0.15) is 11.4 Å². The molecule has 0 aliphatic rings. The fourth-order valence-corrected chi connectivity index (χ4v) is 2.92. The van der Waals surface area contributed by atoms with Gasteiger partial charge in [-0.2, -0.15) is 4.68 Å². The number of nitrogens with one attached hydrogen (secondary N) is 1. The predicted molar refractivity (Wildman–Crippen MR) is 119 cm³/mol. The molecule has 1 amide bonds. The summed E-state index contributed by atoms with van der Waals surface area (Å²) in [7, 11) is 4.41. The van der Waals surface area contributed by atoms with Gasteiger partial charge in [0.2, 0.25) is 5.75 Å². The van der Waals surface area contributed by atoms with Crippen LogP contribution in [-0.2, 0) is 14.3 Å². The highest BCUT2D eigenvalue weighted by Crippen LogP contribution is 2.39. The molecule has 0 fully saturated rings.